The summed E-state index contributed by atoms with van der Waals surface area (Å²) in [6.07, 6.45) is 0.819. The van der Waals surface area contributed by atoms with Crippen LogP contribution in [0.2, 0.25) is 5.28 Å². The molecule has 0 saturated heterocycles. The Bertz CT molecular complexity index is 1190. The monoisotopic (exact) mass is 448 g/mol. The number of rotatable bonds is 7. The molecule has 156 valence electrons. The maximum absolute atomic E-state index is 12.8. The van der Waals surface area contributed by atoms with Crippen LogP contribution in [0.3, 0.4) is 0 Å². The number of benzene rings is 3. The van der Waals surface area contributed by atoms with Crippen LogP contribution in [0.25, 0.3) is 0 Å². The zero-order chi connectivity index (χ0) is 21.6. The summed E-state index contributed by atoms with van der Waals surface area (Å²) < 4.78 is 1.81. The van der Waals surface area contributed by atoms with Crippen LogP contribution in [-0.4, -0.2) is 20.7 Å². The number of halogens is 1. The number of amides is 1. The molecule has 0 bridgehead atoms. The van der Waals surface area contributed by atoms with E-state index in [-0.39, 0.29) is 11.2 Å². The van der Waals surface area contributed by atoms with Crippen molar-refractivity contribution in [1.82, 2.24) is 14.8 Å². The standard InChI is InChI=1S/C24H21ClN4OS/c1-17-9-5-6-12-19(17)22(30)26-20-13-7-8-14-21(20)31-24-27-23(25)28-29(24)16-15-18-10-3-2-4-11-18/h2-14H,15-16H2,1H3,(H,26,30). The summed E-state index contributed by atoms with van der Waals surface area (Å²) in [5.41, 5.74) is 3.51. The summed E-state index contributed by atoms with van der Waals surface area (Å²) in [4.78, 5) is 18.0. The smallest absolute Gasteiger partial charge is 0.255 e. The van der Waals surface area contributed by atoms with Gasteiger partial charge in [0.2, 0.25) is 5.28 Å². The molecule has 1 amide bonds. The topological polar surface area (TPSA) is 59.8 Å². The fraction of sp³-hybridized carbons (Fsp3) is 0.125. The van der Waals surface area contributed by atoms with Crippen molar-refractivity contribution < 1.29 is 4.79 Å². The van der Waals surface area contributed by atoms with Gasteiger partial charge in [-0.25, -0.2) is 4.68 Å². The number of hydrogen-bond donors (Lipinski definition) is 1. The highest BCUT2D eigenvalue weighted by Crippen LogP contribution is 2.33. The molecule has 0 aliphatic heterocycles. The molecule has 31 heavy (non-hydrogen) atoms. The second-order valence-corrected chi connectivity index (χ2v) is 8.34. The quantitative estimate of drug-likeness (QED) is 0.383. The van der Waals surface area contributed by atoms with Gasteiger partial charge in [0, 0.05) is 17.0 Å². The average molecular weight is 449 g/mol. The normalized spacial score (nSPS) is 10.8. The Morgan fingerprint density at radius 2 is 1.71 bits per heavy atom. The van der Waals surface area contributed by atoms with Gasteiger partial charge in [-0.05, 0) is 66.0 Å². The number of nitrogens with one attached hydrogen (secondary N) is 1. The van der Waals surface area contributed by atoms with Crippen LogP contribution in [0.5, 0.6) is 0 Å². The third-order valence-corrected chi connectivity index (χ3v) is 6.01. The van der Waals surface area contributed by atoms with E-state index in [1.807, 2.05) is 73.7 Å². The zero-order valence-corrected chi connectivity index (χ0v) is 18.5. The van der Waals surface area contributed by atoms with E-state index in [1.54, 1.807) is 4.68 Å². The first-order valence-corrected chi connectivity index (χ1v) is 11.1. The van der Waals surface area contributed by atoms with E-state index in [4.69, 9.17) is 11.6 Å². The molecular formula is C24H21ClN4OS. The molecule has 4 aromatic rings. The number of aromatic nitrogens is 3. The lowest BCUT2D eigenvalue weighted by molar-refractivity contribution is 0.102. The Labute approximate surface area is 190 Å². The molecule has 3 aromatic carbocycles. The lowest BCUT2D eigenvalue weighted by atomic mass is 10.1. The number of hydrogen-bond acceptors (Lipinski definition) is 4. The number of para-hydroxylation sites is 1. The van der Waals surface area contributed by atoms with E-state index in [2.05, 4.69) is 27.5 Å². The van der Waals surface area contributed by atoms with E-state index in [1.165, 1.54) is 17.3 Å². The van der Waals surface area contributed by atoms with E-state index in [0.29, 0.717) is 17.3 Å². The van der Waals surface area contributed by atoms with Crippen LogP contribution in [0.1, 0.15) is 21.5 Å². The molecule has 0 aliphatic carbocycles. The van der Waals surface area contributed by atoms with Crippen LogP contribution in [0, 0.1) is 6.92 Å². The van der Waals surface area contributed by atoms with E-state index >= 15 is 0 Å². The first kappa shape index (κ1) is 21.2. The summed E-state index contributed by atoms with van der Waals surface area (Å²) in [6.45, 7) is 2.58. The Kier molecular flexibility index (Phi) is 6.70. The van der Waals surface area contributed by atoms with Crippen LogP contribution in [0.15, 0.2) is 88.9 Å². The minimum Gasteiger partial charge on any atom is -0.321 e. The summed E-state index contributed by atoms with van der Waals surface area (Å²) >= 11 is 7.54. The molecule has 0 radical (unpaired) electrons. The largest absolute Gasteiger partial charge is 0.321 e. The van der Waals surface area contributed by atoms with Crippen molar-refractivity contribution in [3.63, 3.8) is 0 Å². The average Bonchev–Trinajstić information content (AvgIpc) is 3.13. The fourth-order valence-corrected chi connectivity index (χ4v) is 4.34. The third kappa shape index (κ3) is 5.34. The Hall–Kier alpha value is -3.09. The Morgan fingerprint density at radius 3 is 2.52 bits per heavy atom. The van der Waals surface area contributed by atoms with E-state index in [0.717, 1.165) is 22.6 Å². The molecule has 0 fully saturated rings. The highest BCUT2D eigenvalue weighted by Gasteiger charge is 2.15. The minimum absolute atomic E-state index is 0.144. The summed E-state index contributed by atoms with van der Waals surface area (Å²) in [6, 6.07) is 25.4. The minimum atomic E-state index is -0.144. The fourth-order valence-electron chi connectivity index (χ4n) is 3.18. The zero-order valence-electron chi connectivity index (χ0n) is 17.0. The van der Waals surface area contributed by atoms with Crippen LogP contribution in [0.4, 0.5) is 5.69 Å². The molecule has 1 heterocycles. The molecule has 5 nitrogen and oxygen atoms in total. The molecule has 0 saturated carbocycles. The SMILES string of the molecule is Cc1ccccc1C(=O)Nc1ccccc1Sc1nc(Cl)nn1CCc1ccccc1. The summed E-state index contributed by atoms with van der Waals surface area (Å²) in [5.74, 6) is -0.144. The maximum atomic E-state index is 12.8. The van der Waals surface area contributed by atoms with Gasteiger partial charge in [0.1, 0.15) is 0 Å². The number of carbonyl (C=O) groups excluding carboxylic acids is 1. The third-order valence-electron chi connectivity index (χ3n) is 4.79. The van der Waals surface area contributed by atoms with Gasteiger partial charge in [-0.2, -0.15) is 4.98 Å². The predicted octanol–water partition coefficient (Wildman–Crippen LogP) is 5.89. The van der Waals surface area contributed by atoms with E-state index in [9.17, 15) is 4.79 Å². The number of anilines is 1. The highest BCUT2D eigenvalue weighted by atomic mass is 35.5. The van der Waals surface area contributed by atoms with Gasteiger partial charge in [-0.3, -0.25) is 4.79 Å². The lowest BCUT2D eigenvalue weighted by Crippen LogP contribution is -2.14. The van der Waals surface area contributed by atoms with Gasteiger partial charge in [0.25, 0.3) is 5.91 Å². The molecule has 0 atom stereocenters. The number of aryl methyl sites for hydroxylation is 3. The van der Waals surface area contributed by atoms with Crippen LogP contribution >= 0.6 is 23.4 Å². The Morgan fingerprint density at radius 1 is 1.00 bits per heavy atom. The van der Waals surface area contributed by atoms with Gasteiger partial charge in [-0.1, -0.05) is 60.7 Å². The lowest BCUT2D eigenvalue weighted by Gasteiger charge is -2.12. The van der Waals surface area contributed by atoms with Gasteiger partial charge >= 0.3 is 0 Å². The van der Waals surface area contributed by atoms with Crippen molar-refractivity contribution in [2.45, 2.75) is 29.9 Å². The number of nitrogens with zero attached hydrogens (tertiary/aromatic N) is 3. The van der Waals surface area contributed by atoms with Gasteiger partial charge < -0.3 is 5.32 Å². The Balaban J connectivity index is 1.53. The molecule has 0 aliphatic rings. The van der Waals surface area contributed by atoms with Gasteiger partial charge in [0.15, 0.2) is 5.16 Å². The molecule has 0 spiro atoms. The molecule has 1 aromatic heterocycles. The highest BCUT2D eigenvalue weighted by molar-refractivity contribution is 7.99. The summed E-state index contributed by atoms with van der Waals surface area (Å²) in [7, 11) is 0. The van der Waals surface area contributed by atoms with Crippen molar-refractivity contribution in [3.05, 3.63) is 101 Å². The predicted molar refractivity (Wildman–Crippen MR) is 125 cm³/mol. The van der Waals surface area contributed by atoms with Gasteiger partial charge in [-0.15, -0.1) is 5.10 Å². The second-order valence-electron chi connectivity index (χ2n) is 6.99. The van der Waals surface area contributed by atoms with Crippen LogP contribution < -0.4 is 5.32 Å². The first-order chi connectivity index (χ1) is 15.1. The van der Waals surface area contributed by atoms with E-state index < -0.39 is 0 Å². The maximum Gasteiger partial charge on any atom is 0.255 e. The van der Waals surface area contributed by atoms with Crippen molar-refractivity contribution in [2.24, 2.45) is 0 Å². The molecule has 7 heteroatoms. The molecule has 4 rings (SSSR count). The van der Waals surface area contributed by atoms with Crippen molar-refractivity contribution in [3.8, 4) is 0 Å². The number of carbonyl (C=O) groups is 1. The summed E-state index contributed by atoms with van der Waals surface area (Å²) in [5, 5.41) is 8.24. The molecule has 0 unspecified atom stereocenters. The van der Waals surface area contributed by atoms with Crippen molar-refractivity contribution >= 4 is 35.0 Å². The van der Waals surface area contributed by atoms with Crippen molar-refractivity contribution in [2.75, 3.05) is 5.32 Å². The first-order valence-electron chi connectivity index (χ1n) is 9.88. The molecule has 1 N–H and O–H groups in total. The van der Waals surface area contributed by atoms with Crippen molar-refractivity contribution in [1.29, 1.82) is 0 Å². The molecular weight excluding hydrogens is 428 g/mol. The second kappa shape index (κ2) is 9.81. The van der Waals surface area contributed by atoms with Gasteiger partial charge in [0.05, 0.1) is 5.69 Å². The van der Waals surface area contributed by atoms with Crippen LogP contribution in [-0.2, 0) is 13.0 Å².